The van der Waals surface area contributed by atoms with E-state index in [0.717, 1.165) is 68.3 Å². The zero-order chi connectivity index (χ0) is 18.7. The minimum Gasteiger partial charge on any atom is -0.381 e. The summed E-state index contributed by atoms with van der Waals surface area (Å²) >= 11 is 0. The fourth-order valence-electron chi connectivity index (χ4n) is 3.81. The lowest BCUT2D eigenvalue weighted by molar-refractivity contribution is -0.119. The molecule has 0 bridgehead atoms. The zero-order valence-electron chi connectivity index (χ0n) is 16.6. The third-order valence-corrected chi connectivity index (χ3v) is 5.52. The summed E-state index contributed by atoms with van der Waals surface area (Å²) in [5.74, 6) is 2.43. The zero-order valence-corrected chi connectivity index (χ0v) is 16.6. The van der Waals surface area contributed by atoms with Crippen molar-refractivity contribution in [2.24, 2.45) is 5.92 Å². The predicted octanol–water partition coefficient (Wildman–Crippen LogP) is 2.72. The largest absolute Gasteiger partial charge is 0.381 e. The number of aryl methyl sites for hydroxylation is 1. The Hall–Kier alpha value is -1.53. The van der Waals surface area contributed by atoms with Gasteiger partial charge in [0.25, 0.3) is 0 Å². The first kappa shape index (κ1) is 19.2. The Labute approximate surface area is 156 Å². The van der Waals surface area contributed by atoms with Crippen molar-refractivity contribution in [1.82, 2.24) is 14.9 Å². The summed E-state index contributed by atoms with van der Waals surface area (Å²) in [6.45, 7) is 9.55. The van der Waals surface area contributed by atoms with Gasteiger partial charge in [0.15, 0.2) is 0 Å². The maximum Gasteiger partial charge on any atom is 0.228 e. The summed E-state index contributed by atoms with van der Waals surface area (Å²) in [5.41, 5.74) is 2.17. The molecule has 6 nitrogen and oxygen atoms in total. The van der Waals surface area contributed by atoms with E-state index in [2.05, 4.69) is 32.7 Å². The predicted molar refractivity (Wildman–Crippen MR) is 102 cm³/mol. The van der Waals surface area contributed by atoms with Crippen LogP contribution >= 0.6 is 0 Å². The van der Waals surface area contributed by atoms with E-state index in [1.54, 1.807) is 0 Å². The molecule has 0 atom stereocenters. The van der Waals surface area contributed by atoms with Gasteiger partial charge in [-0.05, 0) is 45.6 Å². The van der Waals surface area contributed by atoms with Crippen LogP contribution in [-0.2, 0) is 22.5 Å². The molecule has 3 heterocycles. The number of aromatic nitrogens is 2. The SMILES string of the molecule is Cc1nc(CN(C)C2CCOCC2)nc2c1CCC(=O)N2CCC(C)C. The number of carbonyl (C=O) groups is 1. The molecule has 1 aromatic rings. The van der Waals surface area contributed by atoms with E-state index in [-0.39, 0.29) is 5.91 Å². The highest BCUT2D eigenvalue weighted by Crippen LogP contribution is 2.29. The lowest BCUT2D eigenvalue weighted by atomic mass is 10.0. The molecule has 0 N–H and O–H groups in total. The molecular weight excluding hydrogens is 328 g/mol. The van der Waals surface area contributed by atoms with Crippen LogP contribution in [0.5, 0.6) is 0 Å². The topological polar surface area (TPSA) is 58.6 Å². The molecule has 1 saturated heterocycles. The number of nitrogens with zero attached hydrogens (tertiary/aromatic N) is 4. The van der Waals surface area contributed by atoms with Crippen molar-refractivity contribution in [2.45, 2.75) is 65.5 Å². The van der Waals surface area contributed by atoms with Crippen molar-refractivity contribution in [3.63, 3.8) is 0 Å². The van der Waals surface area contributed by atoms with E-state index < -0.39 is 0 Å². The van der Waals surface area contributed by atoms with Gasteiger partial charge in [-0.2, -0.15) is 0 Å². The van der Waals surface area contributed by atoms with Crippen molar-refractivity contribution in [3.8, 4) is 0 Å². The second-order valence-electron chi connectivity index (χ2n) is 8.01. The van der Waals surface area contributed by atoms with Crippen LogP contribution in [0.4, 0.5) is 5.82 Å². The number of carbonyl (C=O) groups excluding carboxylic acids is 1. The van der Waals surface area contributed by atoms with Gasteiger partial charge in [-0.25, -0.2) is 9.97 Å². The number of hydrogen-bond acceptors (Lipinski definition) is 5. The smallest absolute Gasteiger partial charge is 0.228 e. The van der Waals surface area contributed by atoms with Crippen LogP contribution in [0.15, 0.2) is 0 Å². The lowest BCUT2D eigenvalue weighted by Crippen LogP contribution is -2.39. The molecule has 144 valence electrons. The van der Waals surface area contributed by atoms with Gasteiger partial charge < -0.3 is 4.74 Å². The molecule has 0 spiro atoms. The van der Waals surface area contributed by atoms with Crippen LogP contribution in [0.1, 0.15) is 56.6 Å². The first-order chi connectivity index (χ1) is 12.5. The maximum absolute atomic E-state index is 12.5. The molecule has 0 aromatic carbocycles. The second kappa shape index (κ2) is 8.44. The van der Waals surface area contributed by atoms with Crippen LogP contribution in [0, 0.1) is 12.8 Å². The van der Waals surface area contributed by atoms with Crippen LogP contribution < -0.4 is 4.90 Å². The van der Waals surface area contributed by atoms with E-state index in [4.69, 9.17) is 14.7 Å². The van der Waals surface area contributed by atoms with Crippen LogP contribution in [-0.4, -0.2) is 53.6 Å². The van der Waals surface area contributed by atoms with Crippen LogP contribution in [0.3, 0.4) is 0 Å². The highest BCUT2D eigenvalue weighted by atomic mass is 16.5. The second-order valence-corrected chi connectivity index (χ2v) is 8.01. The van der Waals surface area contributed by atoms with Gasteiger partial charge in [0.2, 0.25) is 5.91 Å². The first-order valence-electron chi connectivity index (χ1n) is 9.90. The van der Waals surface area contributed by atoms with Gasteiger partial charge in [0.1, 0.15) is 11.6 Å². The standard InChI is InChI=1S/C20H32N4O2/c1-14(2)7-10-24-19(25)6-5-17-15(3)21-18(22-20(17)24)13-23(4)16-8-11-26-12-9-16/h14,16H,5-13H2,1-4H3. The molecule has 1 fully saturated rings. The van der Waals surface area contributed by atoms with Gasteiger partial charge in [-0.3, -0.25) is 14.6 Å². The summed E-state index contributed by atoms with van der Waals surface area (Å²) in [5, 5.41) is 0. The van der Waals surface area contributed by atoms with Crippen molar-refractivity contribution in [3.05, 3.63) is 17.1 Å². The van der Waals surface area contributed by atoms with E-state index in [9.17, 15) is 4.79 Å². The Morgan fingerprint density at radius 3 is 2.65 bits per heavy atom. The molecule has 1 amide bonds. The highest BCUT2D eigenvalue weighted by Gasteiger charge is 2.28. The van der Waals surface area contributed by atoms with E-state index in [1.807, 2.05) is 4.90 Å². The van der Waals surface area contributed by atoms with Crippen molar-refractivity contribution < 1.29 is 9.53 Å². The number of rotatable bonds is 6. The fraction of sp³-hybridized carbons (Fsp3) is 0.750. The highest BCUT2D eigenvalue weighted by molar-refractivity contribution is 5.95. The lowest BCUT2D eigenvalue weighted by Gasteiger charge is -2.32. The van der Waals surface area contributed by atoms with Gasteiger partial charge in [0.05, 0.1) is 6.54 Å². The molecule has 0 saturated carbocycles. The molecule has 2 aliphatic rings. The monoisotopic (exact) mass is 360 g/mol. The van der Waals surface area contributed by atoms with Gasteiger partial charge in [-0.1, -0.05) is 13.8 Å². The number of hydrogen-bond donors (Lipinski definition) is 0. The van der Waals surface area contributed by atoms with Crippen LogP contribution in [0.25, 0.3) is 0 Å². The molecule has 1 aromatic heterocycles. The third-order valence-electron chi connectivity index (χ3n) is 5.52. The number of anilines is 1. The average molecular weight is 361 g/mol. The molecule has 0 radical (unpaired) electrons. The Kier molecular flexibility index (Phi) is 6.24. The van der Waals surface area contributed by atoms with Crippen molar-refractivity contribution in [1.29, 1.82) is 0 Å². The Balaban J connectivity index is 1.80. The maximum atomic E-state index is 12.5. The number of ether oxygens (including phenoxy) is 1. The number of fused-ring (bicyclic) bond motifs is 1. The Bertz CT molecular complexity index is 641. The quantitative estimate of drug-likeness (QED) is 0.781. The van der Waals surface area contributed by atoms with Crippen LogP contribution in [0.2, 0.25) is 0 Å². The van der Waals surface area contributed by atoms with Crippen molar-refractivity contribution >= 4 is 11.7 Å². The number of amides is 1. The first-order valence-corrected chi connectivity index (χ1v) is 9.90. The molecule has 26 heavy (non-hydrogen) atoms. The van der Waals surface area contributed by atoms with Gasteiger partial charge in [0, 0.05) is 43.5 Å². The molecular formula is C20H32N4O2. The minimum atomic E-state index is 0.194. The Morgan fingerprint density at radius 2 is 1.96 bits per heavy atom. The summed E-state index contributed by atoms with van der Waals surface area (Å²) in [7, 11) is 2.13. The summed E-state index contributed by atoms with van der Waals surface area (Å²) in [6.07, 6.45) is 4.43. The van der Waals surface area contributed by atoms with E-state index in [0.29, 0.717) is 24.9 Å². The van der Waals surface area contributed by atoms with Crippen molar-refractivity contribution in [2.75, 3.05) is 31.7 Å². The Morgan fingerprint density at radius 1 is 1.23 bits per heavy atom. The molecule has 0 unspecified atom stereocenters. The molecule has 0 aliphatic carbocycles. The van der Waals surface area contributed by atoms with E-state index >= 15 is 0 Å². The summed E-state index contributed by atoms with van der Waals surface area (Å²) < 4.78 is 5.46. The third kappa shape index (κ3) is 4.41. The fourth-order valence-corrected chi connectivity index (χ4v) is 3.81. The molecule has 2 aliphatic heterocycles. The summed E-state index contributed by atoms with van der Waals surface area (Å²) in [4.78, 5) is 26.3. The molecule has 3 rings (SSSR count). The normalized spacial score (nSPS) is 18.7. The van der Waals surface area contributed by atoms with Gasteiger partial charge >= 0.3 is 0 Å². The van der Waals surface area contributed by atoms with Gasteiger partial charge in [-0.15, -0.1) is 0 Å². The minimum absolute atomic E-state index is 0.194. The van der Waals surface area contributed by atoms with E-state index in [1.165, 1.54) is 0 Å². The molecule has 6 heteroatoms. The average Bonchev–Trinajstić information content (AvgIpc) is 2.61. The summed E-state index contributed by atoms with van der Waals surface area (Å²) in [6, 6.07) is 0.516.